The van der Waals surface area contributed by atoms with Crippen LogP contribution in [0, 0.1) is 58.2 Å². The zero-order valence-corrected chi connectivity index (χ0v) is 37.6. The Kier molecular flexibility index (Phi) is 19.9. The van der Waals surface area contributed by atoms with Gasteiger partial charge in [-0.3, -0.25) is 0 Å². The normalized spacial score (nSPS) is 14.3. The number of carbonyl (C=O) groups is 3. The molecule has 54 heavy (non-hydrogen) atoms. The van der Waals surface area contributed by atoms with Gasteiger partial charge in [0, 0.05) is 13.8 Å². The van der Waals surface area contributed by atoms with Gasteiger partial charge in [-0.05, 0) is 84.2 Å². The van der Waals surface area contributed by atoms with Gasteiger partial charge in [0.15, 0.2) is 0 Å². The molecule has 11 nitrogen and oxygen atoms in total. The van der Waals surface area contributed by atoms with E-state index in [1.165, 1.54) is 13.8 Å². The molecular formula is C43H78O11. The van der Waals surface area contributed by atoms with Crippen molar-refractivity contribution in [3.63, 3.8) is 0 Å². The predicted octanol–water partition coefficient (Wildman–Crippen LogP) is 11.4. The standard InChI is InChI=1S/C43H78O11/c1-25(2)40(21,26(3)4)23-42(29(9)10,30(11)12)53-51-33(17)37(44)47-35(19)49-39(46)50-36(20)48-38(45)34(18)52-54-43(31(13)14,32(15)16)24-41(22,27(5)6)28(7)8/h25-32,35-36H,17-18,23-24H2,1-16,19-22H3. The maximum absolute atomic E-state index is 12.8. The lowest BCUT2D eigenvalue weighted by molar-refractivity contribution is -0.367. The van der Waals surface area contributed by atoms with E-state index < -0.39 is 53.4 Å². The van der Waals surface area contributed by atoms with E-state index in [-0.39, 0.29) is 34.5 Å². The van der Waals surface area contributed by atoms with Crippen LogP contribution in [0.4, 0.5) is 4.79 Å². The zero-order chi connectivity index (χ0) is 42.7. The van der Waals surface area contributed by atoms with Crippen LogP contribution in [0.25, 0.3) is 0 Å². The van der Waals surface area contributed by atoms with Crippen LogP contribution in [0.3, 0.4) is 0 Å². The maximum atomic E-state index is 12.8. The molecule has 0 heterocycles. The fourth-order valence-electron chi connectivity index (χ4n) is 7.04. The molecule has 316 valence electrons. The molecule has 0 amide bonds. The second kappa shape index (κ2) is 20.9. The summed E-state index contributed by atoms with van der Waals surface area (Å²) in [7, 11) is 0. The van der Waals surface area contributed by atoms with E-state index in [9.17, 15) is 14.4 Å². The van der Waals surface area contributed by atoms with Crippen LogP contribution in [-0.2, 0) is 48.1 Å². The number of esters is 2. The van der Waals surface area contributed by atoms with Crippen molar-refractivity contribution >= 4 is 18.1 Å². The number of hydrogen-bond acceptors (Lipinski definition) is 11. The summed E-state index contributed by atoms with van der Waals surface area (Å²) in [6, 6.07) is 0. The minimum Gasteiger partial charge on any atom is -0.419 e. The summed E-state index contributed by atoms with van der Waals surface area (Å²) in [5.41, 5.74) is -1.66. The van der Waals surface area contributed by atoms with Crippen LogP contribution in [0.2, 0.25) is 0 Å². The van der Waals surface area contributed by atoms with Crippen LogP contribution in [0.15, 0.2) is 24.7 Å². The summed E-state index contributed by atoms with van der Waals surface area (Å²) in [4.78, 5) is 61.4. The molecule has 0 aromatic carbocycles. The van der Waals surface area contributed by atoms with E-state index in [4.69, 9.17) is 38.5 Å². The third kappa shape index (κ3) is 13.2. The van der Waals surface area contributed by atoms with Crippen LogP contribution >= 0.6 is 0 Å². The van der Waals surface area contributed by atoms with Crippen LogP contribution in [0.1, 0.15) is 151 Å². The number of hydrogen-bond donors (Lipinski definition) is 0. The number of rotatable bonds is 24. The third-order valence-electron chi connectivity index (χ3n) is 12.6. The average Bonchev–Trinajstić information content (AvgIpc) is 3.02. The molecule has 11 heteroatoms. The van der Waals surface area contributed by atoms with E-state index in [1.807, 2.05) is 0 Å². The summed E-state index contributed by atoms with van der Waals surface area (Å²) in [6.07, 6.45) is -2.72. The van der Waals surface area contributed by atoms with Gasteiger partial charge in [0.25, 0.3) is 0 Å². The van der Waals surface area contributed by atoms with Gasteiger partial charge in [0.2, 0.25) is 24.1 Å². The lowest BCUT2D eigenvalue weighted by atomic mass is 9.61. The van der Waals surface area contributed by atoms with Crippen molar-refractivity contribution in [3.05, 3.63) is 24.7 Å². The van der Waals surface area contributed by atoms with Gasteiger partial charge in [-0.25, -0.2) is 14.4 Å². The van der Waals surface area contributed by atoms with Gasteiger partial charge in [0.1, 0.15) is 11.2 Å². The molecule has 0 radical (unpaired) electrons. The molecule has 0 bridgehead atoms. The lowest BCUT2D eigenvalue weighted by Gasteiger charge is -2.48. The summed E-state index contributed by atoms with van der Waals surface area (Å²) in [5.74, 6) is -1.26. The largest absolute Gasteiger partial charge is 0.514 e. The molecule has 0 N–H and O–H groups in total. The molecule has 0 spiro atoms. The Morgan fingerprint density at radius 1 is 0.426 bits per heavy atom. The summed E-state index contributed by atoms with van der Waals surface area (Å²) in [5, 5.41) is 0. The molecule has 2 unspecified atom stereocenters. The minimum atomic E-state index is -1.41. The number of ether oxygens (including phenoxy) is 4. The first-order chi connectivity index (χ1) is 24.5. The van der Waals surface area contributed by atoms with Crippen molar-refractivity contribution in [3.8, 4) is 0 Å². The van der Waals surface area contributed by atoms with Gasteiger partial charge in [0.05, 0.1) is 0 Å². The van der Waals surface area contributed by atoms with E-state index >= 15 is 0 Å². The first-order valence-electron chi connectivity index (χ1n) is 19.8. The highest BCUT2D eigenvalue weighted by molar-refractivity contribution is 5.86. The Morgan fingerprint density at radius 3 is 0.870 bits per heavy atom. The van der Waals surface area contributed by atoms with Crippen molar-refractivity contribution in [1.82, 2.24) is 0 Å². The molecule has 0 aliphatic heterocycles. The molecule has 0 aromatic heterocycles. The van der Waals surface area contributed by atoms with E-state index in [0.717, 1.165) is 0 Å². The second-order valence-corrected chi connectivity index (χ2v) is 18.1. The van der Waals surface area contributed by atoms with Gasteiger partial charge in [-0.1, -0.05) is 125 Å². The monoisotopic (exact) mass is 771 g/mol. The fourth-order valence-corrected chi connectivity index (χ4v) is 7.04. The van der Waals surface area contributed by atoms with Gasteiger partial charge >= 0.3 is 18.1 Å². The molecule has 0 saturated heterocycles. The van der Waals surface area contributed by atoms with Crippen molar-refractivity contribution in [2.24, 2.45) is 58.2 Å². The summed E-state index contributed by atoms with van der Waals surface area (Å²) in [6.45, 7) is 48.5. The topological polar surface area (TPSA) is 125 Å². The Bertz CT molecular complexity index is 1100. The van der Waals surface area contributed by atoms with E-state index in [1.54, 1.807) is 0 Å². The first kappa shape index (κ1) is 51.2. The van der Waals surface area contributed by atoms with E-state index in [2.05, 4.69) is 138 Å². The van der Waals surface area contributed by atoms with Gasteiger partial charge in [-0.15, -0.1) is 0 Å². The minimum absolute atomic E-state index is 0.0342. The summed E-state index contributed by atoms with van der Waals surface area (Å²) >= 11 is 0. The lowest BCUT2D eigenvalue weighted by Crippen LogP contribution is -2.50. The van der Waals surface area contributed by atoms with Gasteiger partial charge < -0.3 is 28.7 Å². The molecule has 2 atom stereocenters. The molecule has 0 saturated carbocycles. The SMILES string of the molecule is C=C(OOC(CC(C)(C(C)C)C(C)C)(C(C)C)C(C)C)C(=O)OC(C)OC(=O)OC(C)OC(=O)C(=C)OOC(CC(C)(C(C)C)C(C)C)(C(C)C)C(C)C. The molecular weight excluding hydrogens is 692 g/mol. The molecule has 0 rings (SSSR count). The van der Waals surface area contributed by atoms with E-state index in [0.29, 0.717) is 36.5 Å². The van der Waals surface area contributed by atoms with Crippen molar-refractivity contribution in [2.45, 2.75) is 175 Å². The zero-order valence-electron chi connectivity index (χ0n) is 37.6. The number of carbonyl (C=O) groups excluding carboxylic acids is 3. The second-order valence-electron chi connectivity index (χ2n) is 18.1. The Hall–Kier alpha value is -2.79. The van der Waals surface area contributed by atoms with Crippen molar-refractivity contribution < 1.29 is 52.9 Å². The van der Waals surface area contributed by atoms with Crippen LogP contribution in [0.5, 0.6) is 0 Å². The Balaban J connectivity index is 5.40. The molecule has 0 aliphatic rings. The fraction of sp³-hybridized carbons (Fsp3) is 0.837. The Labute approximate surface area is 328 Å². The highest BCUT2D eigenvalue weighted by atomic mass is 17.2. The third-order valence-corrected chi connectivity index (χ3v) is 12.6. The summed E-state index contributed by atoms with van der Waals surface area (Å²) < 4.78 is 20.5. The van der Waals surface area contributed by atoms with Crippen molar-refractivity contribution in [2.75, 3.05) is 0 Å². The highest BCUT2D eigenvalue weighted by Gasteiger charge is 2.50. The van der Waals surface area contributed by atoms with Crippen LogP contribution in [-0.4, -0.2) is 41.9 Å². The maximum Gasteiger partial charge on any atom is 0.514 e. The quantitative estimate of drug-likeness (QED) is 0.0232. The smallest absolute Gasteiger partial charge is 0.419 e. The molecule has 0 fully saturated rings. The molecule has 0 aromatic rings. The average molecular weight is 771 g/mol. The Morgan fingerprint density at radius 2 is 0.667 bits per heavy atom. The highest BCUT2D eigenvalue weighted by Crippen LogP contribution is 2.50. The predicted molar refractivity (Wildman–Crippen MR) is 211 cm³/mol. The first-order valence-corrected chi connectivity index (χ1v) is 19.8. The van der Waals surface area contributed by atoms with Crippen molar-refractivity contribution in [1.29, 1.82) is 0 Å². The van der Waals surface area contributed by atoms with Crippen LogP contribution < -0.4 is 0 Å². The molecule has 0 aliphatic carbocycles. The van der Waals surface area contributed by atoms with Gasteiger partial charge in [-0.2, -0.15) is 9.78 Å².